The van der Waals surface area contributed by atoms with Crippen LogP contribution in [0.1, 0.15) is 31.8 Å². The van der Waals surface area contributed by atoms with Crippen LogP contribution in [-0.2, 0) is 12.7 Å². The van der Waals surface area contributed by atoms with Crippen LogP contribution in [0.2, 0.25) is 0 Å². The molecule has 0 aliphatic rings. The van der Waals surface area contributed by atoms with Crippen LogP contribution in [0.5, 0.6) is 46.0 Å². The molecule has 20 nitrogen and oxygen atoms in total. The number of carbonyl (C=O) groups is 2. The van der Waals surface area contributed by atoms with Crippen molar-refractivity contribution in [1.29, 1.82) is 0 Å². The third-order valence-electron chi connectivity index (χ3n) is 12.5. The van der Waals surface area contributed by atoms with E-state index in [2.05, 4.69) is 35.2 Å². The fourth-order valence-corrected chi connectivity index (χ4v) is 11.7. The summed E-state index contributed by atoms with van der Waals surface area (Å²) in [5.41, 5.74) is 32.5. The number of rotatable bonds is 12. The number of amides is 2. The molecule has 12 N–H and O–H groups in total. The molecule has 0 radical (unpaired) electrons. The predicted molar refractivity (Wildman–Crippen MR) is 332 cm³/mol. The van der Waals surface area contributed by atoms with Crippen LogP contribution in [-0.4, -0.2) is 68.2 Å². The Morgan fingerprint density at radius 3 is 1.44 bits per heavy atom. The second-order valence-corrected chi connectivity index (χ2v) is 22.4. The van der Waals surface area contributed by atoms with Crippen molar-refractivity contribution < 1.29 is 51.6 Å². The highest BCUT2D eigenvalue weighted by molar-refractivity contribution is 7.23. The van der Waals surface area contributed by atoms with Gasteiger partial charge in [-0.2, -0.15) is 13.2 Å². The lowest BCUT2D eigenvalue weighted by atomic mass is 10.1. The summed E-state index contributed by atoms with van der Waals surface area (Å²) in [6.45, 7) is 0.196. The Morgan fingerprint density at radius 2 is 0.965 bits per heavy atom. The third-order valence-corrected chi connectivity index (χ3v) is 16.0. The third kappa shape index (κ3) is 13.7. The number of thiazole rings is 4. The number of nitrogens with one attached hydrogen (secondary N) is 1. The summed E-state index contributed by atoms with van der Waals surface area (Å²) in [4.78, 5) is 49.1. The molecule has 436 valence electrons. The van der Waals surface area contributed by atoms with Crippen molar-refractivity contribution in [1.82, 2.24) is 29.9 Å². The molecule has 0 spiro atoms. The average Bonchev–Trinajstić information content (AvgIpc) is 3.53. The standard InChI is InChI=1S/C26H19F3N4O3S.C18H14N4O3S.C8H8N2OS.C7H6N2OS/c1-35-22-12-20-17(11-18(22)24(30)34)21(7-8-31-20)36-16-5-6-19-23(10-16)37-25(33-19)32-13-14-3-2-4-15(9-14)26(27,28)29;1-24-15-8-13-10(7-11(15)17(19)23)14(4-5-21-13)25-9-2-3-12-16(6-9)26-18(20)22-12;1-11-5-2-3-6-7(4-5)12-8(9)10-6;8-7-9-5-2-1-4(10)3-6(5)11-7/h2-12H,13H2,1H3,(H2,30,34)(H,32,33);2-8H,1H3,(H2,19,23)(H2,20,22);2-4H,1H3,(H2,9,10);1-3,10H,(H2,8,9). The monoisotopic (exact) mass is 1240 g/mol. The molecular formula is C59H47F3N12O8S4. The van der Waals surface area contributed by atoms with Gasteiger partial charge in [0.05, 0.1) is 89.9 Å². The number of ether oxygens (including phenoxy) is 5. The van der Waals surface area contributed by atoms with Gasteiger partial charge in [0.25, 0.3) is 11.8 Å². The molecule has 0 aliphatic carbocycles. The Bertz CT molecular complexity index is 4670. The fourth-order valence-electron chi connectivity index (χ4n) is 8.50. The molecule has 13 aromatic rings. The second-order valence-electron chi connectivity index (χ2n) is 18.2. The van der Waals surface area contributed by atoms with E-state index in [9.17, 15) is 22.8 Å². The van der Waals surface area contributed by atoms with Crippen LogP contribution in [0.15, 0.2) is 146 Å². The van der Waals surface area contributed by atoms with Gasteiger partial charge in [-0.3, -0.25) is 19.6 Å². The molecule has 0 bridgehead atoms. The van der Waals surface area contributed by atoms with Crippen molar-refractivity contribution >= 4 is 140 Å². The van der Waals surface area contributed by atoms with Gasteiger partial charge in [-0.15, -0.1) is 0 Å². The van der Waals surface area contributed by atoms with Gasteiger partial charge in [-0.25, -0.2) is 19.9 Å². The van der Waals surface area contributed by atoms with Crippen molar-refractivity contribution in [3.8, 4) is 46.0 Å². The smallest absolute Gasteiger partial charge is 0.416 e. The number of nitrogens with two attached hydrogens (primary N) is 5. The van der Waals surface area contributed by atoms with Gasteiger partial charge >= 0.3 is 6.18 Å². The number of alkyl halides is 3. The largest absolute Gasteiger partial charge is 0.508 e. The SMILES string of the molecule is COc1cc2nccc(Oc3ccc4nc(N)sc4c3)c2cc1C(N)=O.COc1cc2nccc(Oc3ccc4nc(NCc5cccc(C(F)(F)F)c5)sc4c3)c2cc1C(N)=O.COc1ccc2nc(N)sc2c1.Nc1nc2ccc(O)cc2s1. The lowest BCUT2D eigenvalue weighted by Gasteiger charge is -2.11. The molecule has 0 fully saturated rings. The van der Waals surface area contributed by atoms with E-state index < -0.39 is 23.6 Å². The number of aromatic nitrogens is 6. The molecule has 86 heavy (non-hydrogen) atoms. The number of hydrogen-bond donors (Lipinski definition) is 7. The number of methoxy groups -OCH3 is 3. The number of benzene rings is 7. The molecule has 2 amide bonds. The Balaban J connectivity index is 0.000000143. The number of nitrogen functional groups attached to an aromatic ring is 3. The van der Waals surface area contributed by atoms with E-state index in [0.717, 1.165) is 53.2 Å². The highest BCUT2D eigenvalue weighted by Crippen LogP contribution is 2.39. The number of halogens is 3. The zero-order chi connectivity index (χ0) is 60.8. The number of carbonyl (C=O) groups excluding carboxylic acids is 2. The predicted octanol–water partition coefficient (Wildman–Crippen LogP) is 13.2. The minimum Gasteiger partial charge on any atom is -0.508 e. The first-order valence-electron chi connectivity index (χ1n) is 25.2. The maximum atomic E-state index is 13.0. The van der Waals surface area contributed by atoms with Gasteiger partial charge in [-0.1, -0.05) is 57.5 Å². The number of phenolic OH excluding ortho intramolecular Hbond substituents is 1. The molecule has 0 unspecified atom stereocenters. The topological polar surface area (TPSA) is 320 Å². The van der Waals surface area contributed by atoms with Gasteiger partial charge in [0.1, 0.15) is 46.0 Å². The summed E-state index contributed by atoms with van der Waals surface area (Å²) in [5.74, 6) is 2.75. The van der Waals surface area contributed by atoms with Crippen LogP contribution in [0.3, 0.4) is 0 Å². The van der Waals surface area contributed by atoms with Crippen LogP contribution in [0.4, 0.5) is 33.7 Å². The molecule has 0 saturated carbocycles. The maximum absolute atomic E-state index is 13.0. The lowest BCUT2D eigenvalue weighted by molar-refractivity contribution is -0.137. The van der Waals surface area contributed by atoms with Gasteiger partial charge in [-0.05, 0) is 103 Å². The summed E-state index contributed by atoms with van der Waals surface area (Å²) in [7, 11) is 4.57. The minimum atomic E-state index is -4.39. The van der Waals surface area contributed by atoms with Crippen molar-refractivity contribution in [2.24, 2.45) is 11.5 Å². The number of nitrogens with zero attached hydrogens (tertiary/aromatic N) is 6. The van der Waals surface area contributed by atoms with Crippen molar-refractivity contribution in [2.75, 3.05) is 43.8 Å². The van der Waals surface area contributed by atoms with Gasteiger partial charge in [0, 0.05) is 54.0 Å². The zero-order valence-electron chi connectivity index (χ0n) is 45.2. The zero-order valence-corrected chi connectivity index (χ0v) is 48.5. The summed E-state index contributed by atoms with van der Waals surface area (Å²) in [6, 6.07) is 36.7. The van der Waals surface area contributed by atoms with E-state index >= 15 is 0 Å². The van der Waals surface area contributed by atoms with Crippen LogP contribution < -0.4 is 57.7 Å². The average molecular weight is 1240 g/mol. The first-order valence-corrected chi connectivity index (χ1v) is 28.5. The van der Waals surface area contributed by atoms with E-state index in [0.29, 0.717) is 87.9 Å². The van der Waals surface area contributed by atoms with E-state index in [-0.39, 0.29) is 23.4 Å². The normalized spacial score (nSPS) is 11.1. The lowest BCUT2D eigenvalue weighted by Crippen LogP contribution is -2.12. The van der Waals surface area contributed by atoms with E-state index in [1.165, 1.54) is 65.6 Å². The van der Waals surface area contributed by atoms with Crippen molar-refractivity contribution in [2.45, 2.75) is 12.7 Å². The summed E-state index contributed by atoms with van der Waals surface area (Å²) in [6.07, 6.45) is -1.18. The van der Waals surface area contributed by atoms with Crippen LogP contribution in [0.25, 0.3) is 62.7 Å². The number of primary amides is 2. The summed E-state index contributed by atoms with van der Waals surface area (Å²) < 4.78 is 70.3. The Kier molecular flexibility index (Phi) is 17.3. The highest BCUT2D eigenvalue weighted by atomic mass is 32.1. The maximum Gasteiger partial charge on any atom is 0.416 e. The van der Waals surface area contributed by atoms with E-state index in [4.69, 9.17) is 57.5 Å². The van der Waals surface area contributed by atoms with Crippen LogP contribution in [0, 0.1) is 0 Å². The highest BCUT2D eigenvalue weighted by Gasteiger charge is 2.30. The molecule has 27 heteroatoms. The van der Waals surface area contributed by atoms with Gasteiger partial charge in [0.2, 0.25) is 0 Å². The number of pyridine rings is 2. The molecule has 0 aliphatic heterocycles. The van der Waals surface area contributed by atoms with Gasteiger partial charge in [0.15, 0.2) is 20.5 Å². The number of hydrogen-bond acceptors (Lipinski definition) is 22. The quantitative estimate of drug-likeness (QED) is 0.0597. The first kappa shape index (κ1) is 58.8. The number of aromatic hydroxyl groups is 1. The Labute approximate surface area is 501 Å². The minimum absolute atomic E-state index is 0.196. The first-order chi connectivity index (χ1) is 41.3. The summed E-state index contributed by atoms with van der Waals surface area (Å²) in [5, 5.41) is 15.6. The number of fused-ring (bicyclic) bond motifs is 6. The Hall–Kier alpha value is -10.4. The molecule has 13 rings (SSSR count). The van der Waals surface area contributed by atoms with Gasteiger partial charge < -0.3 is 62.8 Å². The molecule has 7 aromatic carbocycles. The number of phenols is 1. The fraction of sp³-hybridized carbons (Fsp3) is 0.0847. The van der Waals surface area contributed by atoms with Crippen LogP contribution >= 0.6 is 45.3 Å². The summed E-state index contributed by atoms with van der Waals surface area (Å²) >= 11 is 5.58. The molecule has 6 aromatic heterocycles. The molecule has 0 atom stereocenters. The molecular weight excluding hydrogens is 1190 g/mol. The van der Waals surface area contributed by atoms with E-state index in [1.807, 2.05) is 42.5 Å². The Morgan fingerprint density at radius 1 is 0.512 bits per heavy atom. The van der Waals surface area contributed by atoms with E-state index in [1.54, 1.807) is 92.3 Å². The van der Waals surface area contributed by atoms with Crippen molar-refractivity contribution in [3.63, 3.8) is 0 Å². The van der Waals surface area contributed by atoms with Crippen molar-refractivity contribution in [3.05, 3.63) is 168 Å². The number of anilines is 4. The second kappa shape index (κ2) is 25.2. The molecule has 6 heterocycles. The molecule has 0 saturated heterocycles.